The summed E-state index contributed by atoms with van der Waals surface area (Å²) in [7, 11) is 3.88. The van der Waals surface area contributed by atoms with Crippen molar-refractivity contribution >= 4 is 56.3 Å². The Bertz CT molecular complexity index is 1420. The third-order valence-electron chi connectivity index (χ3n) is 5.92. The molecule has 0 atom stereocenters. The number of nitrogens with zero attached hydrogens (tertiary/aromatic N) is 5. The van der Waals surface area contributed by atoms with Crippen molar-refractivity contribution in [3.8, 4) is 17.0 Å². The van der Waals surface area contributed by atoms with Gasteiger partial charge in [0, 0.05) is 35.1 Å². The number of fused-ring (bicyclic) bond motifs is 1. The first-order valence-corrected chi connectivity index (χ1v) is 14.3. The van der Waals surface area contributed by atoms with Crippen molar-refractivity contribution in [2.75, 3.05) is 32.5 Å². The van der Waals surface area contributed by atoms with Gasteiger partial charge in [-0.3, -0.25) is 4.79 Å². The predicted molar refractivity (Wildman–Crippen MR) is 157 cm³/mol. The summed E-state index contributed by atoms with van der Waals surface area (Å²) in [4.78, 5) is 31.7. The molecule has 3 heterocycles. The van der Waals surface area contributed by atoms with E-state index in [1.54, 1.807) is 17.5 Å². The second kappa shape index (κ2) is 13.1. The Hall–Kier alpha value is -3.35. The van der Waals surface area contributed by atoms with Crippen molar-refractivity contribution in [3.05, 3.63) is 51.9 Å². The Kier molecular flexibility index (Phi) is 9.65. The number of hydrogen-bond acceptors (Lipinski definition) is 8. The Morgan fingerprint density at radius 1 is 1.21 bits per heavy atom. The lowest BCUT2D eigenvalue weighted by Crippen LogP contribution is -2.33. The summed E-state index contributed by atoms with van der Waals surface area (Å²) in [5, 5.41) is 12.8. The van der Waals surface area contributed by atoms with Gasteiger partial charge < -0.3 is 20.3 Å². The standard InChI is InChI=1S/C27H32BrN7O3S/c1-17(2)6-5-12-35-25-21(24(33-35)32-26(36)19-15-30-39-16-19)14-22(28)23(31-25)18-7-9-20(10-8-18)38-27(37)29-11-13-34(3)4/h7-10,14-17H,5-6,11-13H2,1-4H3,(H,29,37)(H,32,33,36). The number of pyridine rings is 1. The average molecular weight is 615 g/mol. The van der Waals surface area contributed by atoms with Crippen molar-refractivity contribution < 1.29 is 14.3 Å². The van der Waals surface area contributed by atoms with E-state index in [0.29, 0.717) is 41.8 Å². The van der Waals surface area contributed by atoms with Gasteiger partial charge in [0.1, 0.15) is 5.75 Å². The summed E-state index contributed by atoms with van der Waals surface area (Å²) >= 11 is 4.88. The first-order chi connectivity index (χ1) is 18.7. The molecule has 2 N–H and O–H groups in total. The molecule has 0 fully saturated rings. The van der Waals surface area contributed by atoms with Crippen LogP contribution in [0.1, 0.15) is 37.0 Å². The van der Waals surface area contributed by atoms with E-state index in [1.807, 2.05) is 41.9 Å². The van der Waals surface area contributed by atoms with E-state index >= 15 is 0 Å². The zero-order chi connectivity index (χ0) is 27.9. The van der Waals surface area contributed by atoms with Crippen LogP contribution in [0.15, 0.2) is 46.4 Å². The molecular formula is C27H32BrN7O3S. The van der Waals surface area contributed by atoms with E-state index in [9.17, 15) is 9.59 Å². The first kappa shape index (κ1) is 28.7. The van der Waals surface area contributed by atoms with Gasteiger partial charge in [-0.25, -0.2) is 18.8 Å². The van der Waals surface area contributed by atoms with Crippen LogP contribution in [0.4, 0.5) is 10.6 Å². The Labute approximate surface area is 240 Å². The Morgan fingerprint density at radius 3 is 2.64 bits per heavy atom. The molecule has 0 aliphatic carbocycles. The molecule has 206 valence electrons. The molecule has 3 aromatic heterocycles. The topological polar surface area (TPSA) is 114 Å². The smallest absolute Gasteiger partial charge is 0.410 e. The number of amides is 2. The fourth-order valence-electron chi connectivity index (χ4n) is 3.87. The molecule has 10 nitrogen and oxygen atoms in total. The highest BCUT2D eigenvalue weighted by atomic mass is 79.9. The highest BCUT2D eigenvalue weighted by molar-refractivity contribution is 9.10. The monoisotopic (exact) mass is 613 g/mol. The van der Waals surface area contributed by atoms with Crippen LogP contribution in [-0.2, 0) is 6.54 Å². The molecule has 0 bridgehead atoms. The van der Waals surface area contributed by atoms with E-state index in [1.165, 1.54) is 17.7 Å². The third kappa shape index (κ3) is 7.61. The summed E-state index contributed by atoms with van der Waals surface area (Å²) in [5.41, 5.74) is 2.72. The largest absolute Gasteiger partial charge is 0.412 e. The molecule has 2 amide bonds. The van der Waals surface area contributed by atoms with Gasteiger partial charge in [0.2, 0.25) is 0 Å². The van der Waals surface area contributed by atoms with E-state index in [0.717, 1.165) is 40.5 Å². The second-order valence-corrected chi connectivity index (χ2v) is 11.3. The van der Waals surface area contributed by atoms with Crippen LogP contribution in [0, 0.1) is 5.92 Å². The van der Waals surface area contributed by atoms with Gasteiger partial charge in [0.05, 0.1) is 22.8 Å². The van der Waals surface area contributed by atoms with Crippen LogP contribution in [-0.4, -0.2) is 63.2 Å². The number of nitrogens with one attached hydrogen (secondary N) is 2. The maximum Gasteiger partial charge on any atom is 0.412 e. The normalized spacial score (nSPS) is 11.4. The van der Waals surface area contributed by atoms with Crippen LogP contribution in [0.3, 0.4) is 0 Å². The number of aryl methyl sites for hydroxylation is 1. The van der Waals surface area contributed by atoms with Crippen molar-refractivity contribution in [3.63, 3.8) is 0 Å². The predicted octanol–water partition coefficient (Wildman–Crippen LogP) is 5.66. The van der Waals surface area contributed by atoms with Gasteiger partial charge in [-0.1, -0.05) is 13.8 Å². The number of halogens is 1. The molecule has 4 rings (SSSR count). The zero-order valence-electron chi connectivity index (χ0n) is 22.4. The van der Waals surface area contributed by atoms with Gasteiger partial charge in [-0.15, -0.1) is 0 Å². The summed E-state index contributed by atoms with van der Waals surface area (Å²) < 4.78 is 12.0. The van der Waals surface area contributed by atoms with Gasteiger partial charge in [-0.05, 0) is 90.6 Å². The summed E-state index contributed by atoms with van der Waals surface area (Å²) in [5.74, 6) is 1.20. The maximum atomic E-state index is 12.7. The van der Waals surface area contributed by atoms with Gasteiger partial charge in [-0.2, -0.15) is 5.10 Å². The molecule has 0 aliphatic rings. The second-order valence-electron chi connectivity index (χ2n) is 9.81. The van der Waals surface area contributed by atoms with Crippen LogP contribution in [0.25, 0.3) is 22.3 Å². The molecule has 39 heavy (non-hydrogen) atoms. The molecule has 0 spiro atoms. The lowest BCUT2D eigenvalue weighted by molar-refractivity contribution is 0.102. The summed E-state index contributed by atoms with van der Waals surface area (Å²) in [6.45, 7) is 6.28. The van der Waals surface area contributed by atoms with Gasteiger partial charge >= 0.3 is 6.09 Å². The third-order valence-corrected chi connectivity index (χ3v) is 7.11. The Balaban J connectivity index is 1.59. The molecule has 0 aliphatic heterocycles. The minimum absolute atomic E-state index is 0.265. The van der Waals surface area contributed by atoms with Gasteiger partial charge in [0.15, 0.2) is 11.5 Å². The number of likely N-dealkylation sites (N-methyl/N-ethyl adjacent to an activating group) is 1. The van der Waals surface area contributed by atoms with Crippen LogP contribution < -0.4 is 15.4 Å². The molecule has 4 aromatic rings. The molecule has 0 unspecified atom stereocenters. The minimum atomic E-state index is -0.497. The lowest BCUT2D eigenvalue weighted by Gasteiger charge is -2.11. The fraction of sp³-hybridized carbons (Fsp3) is 0.370. The van der Waals surface area contributed by atoms with E-state index in [4.69, 9.17) is 14.8 Å². The summed E-state index contributed by atoms with van der Waals surface area (Å²) in [6.07, 6.45) is 3.03. The van der Waals surface area contributed by atoms with Crippen molar-refractivity contribution in [1.29, 1.82) is 0 Å². The quantitative estimate of drug-likeness (QED) is 0.224. The molecular weight excluding hydrogens is 582 g/mol. The van der Waals surface area contributed by atoms with Crippen LogP contribution in [0.2, 0.25) is 0 Å². The number of aromatic nitrogens is 4. The van der Waals surface area contributed by atoms with Crippen LogP contribution in [0.5, 0.6) is 5.75 Å². The highest BCUT2D eigenvalue weighted by Crippen LogP contribution is 2.34. The van der Waals surface area contributed by atoms with Crippen molar-refractivity contribution in [1.82, 2.24) is 29.4 Å². The summed E-state index contributed by atoms with van der Waals surface area (Å²) in [6, 6.07) is 9.10. The van der Waals surface area contributed by atoms with E-state index in [2.05, 4.69) is 44.8 Å². The lowest BCUT2D eigenvalue weighted by atomic mass is 10.1. The van der Waals surface area contributed by atoms with Crippen LogP contribution >= 0.6 is 27.5 Å². The van der Waals surface area contributed by atoms with E-state index in [-0.39, 0.29) is 5.91 Å². The fourth-order valence-corrected chi connectivity index (χ4v) is 4.94. The molecule has 0 saturated carbocycles. The highest BCUT2D eigenvalue weighted by Gasteiger charge is 2.19. The Morgan fingerprint density at radius 2 is 1.97 bits per heavy atom. The van der Waals surface area contributed by atoms with Crippen molar-refractivity contribution in [2.24, 2.45) is 5.92 Å². The molecule has 1 aromatic carbocycles. The average Bonchev–Trinajstić information content (AvgIpc) is 3.53. The molecule has 0 radical (unpaired) electrons. The van der Waals surface area contributed by atoms with Crippen molar-refractivity contribution in [2.45, 2.75) is 33.2 Å². The number of carbonyl (C=O) groups excluding carboxylic acids is 2. The zero-order valence-corrected chi connectivity index (χ0v) is 24.8. The molecule has 0 saturated heterocycles. The van der Waals surface area contributed by atoms with Gasteiger partial charge in [0.25, 0.3) is 5.91 Å². The number of hydrogen-bond donors (Lipinski definition) is 2. The number of rotatable bonds is 11. The number of anilines is 1. The number of carbonyl (C=O) groups is 2. The van der Waals surface area contributed by atoms with E-state index < -0.39 is 6.09 Å². The maximum absolute atomic E-state index is 12.7. The first-order valence-electron chi connectivity index (χ1n) is 12.7. The minimum Gasteiger partial charge on any atom is -0.410 e. The SMILES string of the molecule is CC(C)CCCn1nc(NC(=O)c2cnsc2)c2cc(Br)c(-c3ccc(OC(=O)NCCN(C)C)cc3)nc21. The number of ether oxygens (including phenoxy) is 1. The molecule has 12 heteroatoms. The number of benzene rings is 1.